The quantitative estimate of drug-likeness (QED) is 0.612. The van der Waals surface area contributed by atoms with Gasteiger partial charge in [-0.15, -0.1) is 0 Å². The van der Waals surface area contributed by atoms with Gasteiger partial charge in [-0.1, -0.05) is 29.8 Å². The highest BCUT2D eigenvalue weighted by Crippen LogP contribution is 2.11. The Hall–Kier alpha value is -2.42. The molecule has 7 nitrogen and oxygen atoms in total. The summed E-state index contributed by atoms with van der Waals surface area (Å²) in [7, 11) is -4.02. The molecule has 0 fully saturated rings. The number of aliphatic carboxylic acids is 1. The second kappa shape index (κ2) is 8.44. The van der Waals surface area contributed by atoms with Gasteiger partial charge in [0.1, 0.15) is 11.8 Å². The molecule has 2 aromatic carbocycles. The van der Waals surface area contributed by atoms with E-state index in [2.05, 4.69) is 0 Å². The van der Waals surface area contributed by atoms with E-state index in [-0.39, 0.29) is 17.1 Å². The molecule has 2 aromatic rings. The maximum Gasteiger partial charge on any atom is 0.320 e. The van der Waals surface area contributed by atoms with Crippen LogP contribution in [0.2, 0.25) is 0 Å². The first kappa shape index (κ1) is 19.6. The van der Waals surface area contributed by atoms with Crippen molar-refractivity contribution < 1.29 is 28.0 Å². The first-order valence-electron chi connectivity index (χ1n) is 6.90. The Labute approximate surface area is 140 Å². The van der Waals surface area contributed by atoms with Crippen LogP contribution in [0.15, 0.2) is 53.4 Å². The Morgan fingerprint density at radius 3 is 2.00 bits per heavy atom. The van der Waals surface area contributed by atoms with Gasteiger partial charge in [-0.2, -0.15) is 8.42 Å². The third kappa shape index (κ3) is 6.78. The minimum atomic E-state index is -4.02. The van der Waals surface area contributed by atoms with Crippen LogP contribution in [0.4, 0.5) is 0 Å². The van der Waals surface area contributed by atoms with Crippen LogP contribution in [0, 0.1) is 6.92 Å². The van der Waals surface area contributed by atoms with E-state index >= 15 is 0 Å². The summed E-state index contributed by atoms with van der Waals surface area (Å²) in [6, 6.07) is 11.4. The highest BCUT2D eigenvalue weighted by Gasteiger charge is 2.11. The fourth-order valence-corrected chi connectivity index (χ4v) is 2.16. The normalized spacial score (nSPS) is 12.0. The first-order chi connectivity index (χ1) is 11.1. The Morgan fingerprint density at radius 1 is 1.08 bits per heavy atom. The Bertz CT molecular complexity index is 769. The number of nitrogens with two attached hydrogens (primary N) is 1. The minimum Gasteiger partial charge on any atom is -0.508 e. The number of hydrogen-bond donors (Lipinski definition) is 4. The van der Waals surface area contributed by atoms with E-state index < -0.39 is 22.1 Å². The molecule has 0 saturated carbocycles. The molecule has 1 unspecified atom stereocenters. The zero-order valence-electron chi connectivity index (χ0n) is 13.0. The van der Waals surface area contributed by atoms with Crippen LogP contribution in [0.1, 0.15) is 11.1 Å². The zero-order valence-corrected chi connectivity index (χ0v) is 13.8. The molecular formula is C16H19NO6S. The van der Waals surface area contributed by atoms with E-state index in [0.717, 1.165) is 11.1 Å². The highest BCUT2D eigenvalue weighted by atomic mass is 32.2. The van der Waals surface area contributed by atoms with E-state index in [1.807, 2.05) is 6.92 Å². The van der Waals surface area contributed by atoms with Crippen molar-refractivity contribution in [3.8, 4) is 5.75 Å². The summed E-state index contributed by atoms with van der Waals surface area (Å²) in [6.07, 6.45) is 0.273. The average molecular weight is 353 g/mol. The highest BCUT2D eigenvalue weighted by molar-refractivity contribution is 7.85. The van der Waals surface area contributed by atoms with Crippen LogP contribution in [0.3, 0.4) is 0 Å². The van der Waals surface area contributed by atoms with E-state index in [9.17, 15) is 13.2 Å². The molecule has 24 heavy (non-hydrogen) atoms. The van der Waals surface area contributed by atoms with Crippen molar-refractivity contribution in [3.05, 3.63) is 59.7 Å². The van der Waals surface area contributed by atoms with Crippen LogP contribution in [0.25, 0.3) is 0 Å². The van der Waals surface area contributed by atoms with Gasteiger partial charge in [0.15, 0.2) is 0 Å². The number of rotatable bonds is 4. The van der Waals surface area contributed by atoms with Gasteiger partial charge in [-0.3, -0.25) is 9.35 Å². The Morgan fingerprint density at radius 2 is 1.58 bits per heavy atom. The van der Waals surface area contributed by atoms with Crippen LogP contribution in [0.5, 0.6) is 5.75 Å². The molecule has 0 heterocycles. The van der Waals surface area contributed by atoms with Crippen molar-refractivity contribution in [2.45, 2.75) is 24.3 Å². The number of phenols is 1. The SMILES string of the molecule is Cc1ccc(S(=O)(=O)O)cc1.NC(Cc1ccc(O)cc1)C(=O)O. The third-order valence-electron chi connectivity index (χ3n) is 3.03. The maximum atomic E-state index is 10.5. The number of benzene rings is 2. The molecule has 1 atom stereocenters. The van der Waals surface area contributed by atoms with E-state index in [1.165, 1.54) is 24.3 Å². The Balaban J connectivity index is 0.000000243. The molecule has 0 radical (unpaired) electrons. The second-order valence-electron chi connectivity index (χ2n) is 5.10. The van der Waals surface area contributed by atoms with Crippen LogP contribution < -0.4 is 5.73 Å². The van der Waals surface area contributed by atoms with Gasteiger partial charge in [-0.25, -0.2) is 0 Å². The molecule has 0 amide bonds. The van der Waals surface area contributed by atoms with Crippen molar-refractivity contribution in [1.29, 1.82) is 0 Å². The average Bonchev–Trinajstić information content (AvgIpc) is 2.49. The molecule has 0 saturated heterocycles. The predicted octanol–water partition coefficient (Wildman–Crippen LogP) is 1.59. The number of aryl methyl sites for hydroxylation is 1. The number of carboxylic acid groups (broad SMARTS) is 1. The predicted molar refractivity (Wildman–Crippen MR) is 88.4 cm³/mol. The molecule has 8 heteroatoms. The topological polar surface area (TPSA) is 138 Å². The maximum absolute atomic E-state index is 10.5. The summed E-state index contributed by atoms with van der Waals surface area (Å²) < 4.78 is 29.6. The van der Waals surface area contributed by atoms with Crippen molar-refractivity contribution in [3.63, 3.8) is 0 Å². The summed E-state index contributed by atoms with van der Waals surface area (Å²) in [4.78, 5) is 10.3. The van der Waals surface area contributed by atoms with Gasteiger partial charge in [-0.05, 0) is 43.2 Å². The van der Waals surface area contributed by atoms with Gasteiger partial charge < -0.3 is 15.9 Å². The van der Waals surface area contributed by atoms with Crippen molar-refractivity contribution in [2.24, 2.45) is 5.73 Å². The molecular weight excluding hydrogens is 334 g/mol. The largest absolute Gasteiger partial charge is 0.508 e. The van der Waals surface area contributed by atoms with Crippen molar-refractivity contribution in [1.82, 2.24) is 0 Å². The van der Waals surface area contributed by atoms with Crippen molar-refractivity contribution in [2.75, 3.05) is 0 Å². The lowest BCUT2D eigenvalue weighted by Crippen LogP contribution is -2.32. The smallest absolute Gasteiger partial charge is 0.320 e. The van der Waals surface area contributed by atoms with Gasteiger partial charge in [0.05, 0.1) is 4.90 Å². The molecule has 0 aliphatic carbocycles. The summed E-state index contributed by atoms with van der Waals surface area (Å²) >= 11 is 0. The first-order valence-corrected chi connectivity index (χ1v) is 8.34. The number of carbonyl (C=O) groups is 1. The lowest BCUT2D eigenvalue weighted by atomic mass is 10.1. The Kier molecular flexibility index (Phi) is 6.90. The zero-order chi connectivity index (χ0) is 18.3. The minimum absolute atomic E-state index is 0.0666. The standard InChI is InChI=1S/C9H11NO3.C7H8O3S/c10-8(9(12)13)5-6-1-3-7(11)4-2-6;1-6-2-4-7(5-3-6)11(8,9)10/h1-4,8,11H,5,10H2,(H,12,13);2-5H,1H3,(H,8,9,10). The van der Waals surface area contributed by atoms with Crippen LogP contribution in [-0.4, -0.2) is 35.2 Å². The van der Waals surface area contributed by atoms with E-state index in [0.29, 0.717) is 0 Å². The third-order valence-corrected chi connectivity index (χ3v) is 3.90. The van der Waals surface area contributed by atoms with Gasteiger partial charge in [0.2, 0.25) is 0 Å². The fourth-order valence-electron chi connectivity index (χ4n) is 1.68. The lowest BCUT2D eigenvalue weighted by Gasteiger charge is -2.05. The summed E-state index contributed by atoms with van der Waals surface area (Å²) in [5, 5.41) is 17.5. The van der Waals surface area contributed by atoms with Crippen molar-refractivity contribution >= 4 is 16.1 Å². The number of phenolic OH excluding ortho intramolecular Hbond substituents is 1. The van der Waals surface area contributed by atoms with Gasteiger partial charge in [0, 0.05) is 0 Å². The van der Waals surface area contributed by atoms with E-state index in [4.69, 9.17) is 20.5 Å². The van der Waals surface area contributed by atoms with Gasteiger partial charge in [0.25, 0.3) is 10.1 Å². The number of carboxylic acids is 1. The number of hydrogen-bond acceptors (Lipinski definition) is 5. The summed E-state index contributed by atoms with van der Waals surface area (Å²) in [6.45, 7) is 1.84. The molecule has 2 rings (SSSR count). The van der Waals surface area contributed by atoms with Crippen LogP contribution in [-0.2, 0) is 21.3 Å². The molecule has 0 aliphatic heterocycles. The van der Waals surface area contributed by atoms with E-state index in [1.54, 1.807) is 24.3 Å². The number of aromatic hydroxyl groups is 1. The summed E-state index contributed by atoms with van der Waals surface area (Å²) in [5.74, 6) is -0.860. The second-order valence-corrected chi connectivity index (χ2v) is 6.52. The molecule has 130 valence electrons. The molecule has 0 spiro atoms. The lowest BCUT2D eigenvalue weighted by molar-refractivity contribution is -0.138. The van der Waals surface area contributed by atoms with Gasteiger partial charge >= 0.3 is 5.97 Å². The molecule has 0 bridgehead atoms. The molecule has 5 N–H and O–H groups in total. The fraction of sp³-hybridized carbons (Fsp3) is 0.188. The van der Waals surface area contributed by atoms with Crippen LogP contribution >= 0.6 is 0 Å². The monoisotopic (exact) mass is 353 g/mol. The molecule has 0 aromatic heterocycles. The molecule has 0 aliphatic rings. The summed E-state index contributed by atoms with van der Waals surface area (Å²) in [5.41, 5.74) is 7.08.